The third-order valence-electron chi connectivity index (χ3n) is 3.23. The van der Waals surface area contributed by atoms with E-state index in [1.54, 1.807) is 7.11 Å². The van der Waals surface area contributed by atoms with Crippen LogP contribution < -0.4 is 10.5 Å². The molecule has 0 amide bonds. The van der Waals surface area contributed by atoms with Crippen LogP contribution in [0, 0.1) is 18.6 Å². The number of hydrogen-bond donors (Lipinski definition) is 1. The molecule has 0 saturated carbocycles. The van der Waals surface area contributed by atoms with E-state index in [4.69, 9.17) is 10.5 Å². The van der Waals surface area contributed by atoms with Crippen molar-refractivity contribution in [2.45, 2.75) is 19.4 Å². The Balaban J connectivity index is 2.30. The molecule has 0 aliphatic carbocycles. The van der Waals surface area contributed by atoms with E-state index in [0.717, 1.165) is 23.3 Å². The summed E-state index contributed by atoms with van der Waals surface area (Å²) in [4.78, 5) is 0. The van der Waals surface area contributed by atoms with Gasteiger partial charge in [-0.2, -0.15) is 0 Å². The summed E-state index contributed by atoms with van der Waals surface area (Å²) in [6.07, 6.45) is 0.212. The Morgan fingerprint density at radius 1 is 1.15 bits per heavy atom. The number of rotatable bonds is 4. The largest absolute Gasteiger partial charge is 0.496 e. The fraction of sp³-hybridized carbons (Fsp3) is 0.250. The van der Waals surface area contributed by atoms with Crippen LogP contribution in [0.25, 0.3) is 0 Å². The first-order valence-electron chi connectivity index (χ1n) is 6.35. The maximum Gasteiger partial charge on any atom is 0.126 e. The smallest absolute Gasteiger partial charge is 0.126 e. The minimum Gasteiger partial charge on any atom is -0.496 e. The SMILES string of the molecule is COc1ccc(C)cc1C(N)Cc1cc(F)ccc1F. The van der Waals surface area contributed by atoms with Crippen molar-refractivity contribution in [3.05, 3.63) is 64.7 Å². The fourth-order valence-electron chi connectivity index (χ4n) is 2.19. The van der Waals surface area contributed by atoms with Crippen LogP contribution in [0.3, 0.4) is 0 Å². The number of methoxy groups -OCH3 is 1. The zero-order chi connectivity index (χ0) is 14.7. The summed E-state index contributed by atoms with van der Waals surface area (Å²) < 4.78 is 32.1. The van der Waals surface area contributed by atoms with Crippen molar-refractivity contribution in [2.24, 2.45) is 5.73 Å². The van der Waals surface area contributed by atoms with Gasteiger partial charge in [0.25, 0.3) is 0 Å². The molecule has 0 heterocycles. The molecule has 0 fully saturated rings. The molecular weight excluding hydrogens is 260 g/mol. The van der Waals surface area contributed by atoms with E-state index in [2.05, 4.69) is 0 Å². The highest BCUT2D eigenvalue weighted by Crippen LogP contribution is 2.28. The molecular formula is C16H17F2NO. The second-order valence-corrected chi connectivity index (χ2v) is 4.79. The molecule has 2 aromatic rings. The molecule has 4 heteroatoms. The number of nitrogens with two attached hydrogens (primary N) is 1. The standard InChI is InChI=1S/C16H17F2NO/c1-10-3-6-16(20-2)13(7-10)15(19)9-11-8-12(17)4-5-14(11)18/h3-8,15H,9,19H2,1-2H3. The van der Waals surface area contributed by atoms with E-state index in [1.807, 2.05) is 25.1 Å². The summed E-state index contributed by atoms with van der Waals surface area (Å²) in [5, 5.41) is 0. The van der Waals surface area contributed by atoms with Crippen LogP contribution in [-0.2, 0) is 6.42 Å². The maximum absolute atomic E-state index is 13.7. The summed E-state index contributed by atoms with van der Waals surface area (Å²) in [5.41, 5.74) is 8.21. The summed E-state index contributed by atoms with van der Waals surface area (Å²) in [7, 11) is 1.56. The fourth-order valence-corrected chi connectivity index (χ4v) is 2.19. The predicted octanol–water partition coefficient (Wildman–Crippen LogP) is 3.52. The van der Waals surface area contributed by atoms with E-state index in [1.165, 1.54) is 6.07 Å². The van der Waals surface area contributed by atoms with Gasteiger partial charge >= 0.3 is 0 Å². The molecule has 1 unspecified atom stereocenters. The van der Waals surface area contributed by atoms with E-state index in [-0.39, 0.29) is 12.0 Å². The Morgan fingerprint density at radius 3 is 2.60 bits per heavy atom. The third-order valence-corrected chi connectivity index (χ3v) is 3.23. The van der Waals surface area contributed by atoms with Gasteiger partial charge in [-0.1, -0.05) is 17.7 Å². The van der Waals surface area contributed by atoms with Gasteiger partial charge < -0.3 is 10.5 Å². The van der Waals surface area contributed by atoms with Crippen molar-refractivity contribution in [2.75, 3.05) is 7.11 Å². The summed E-state index contributed by atoms with van der Waals surface area (Å²) in [5.74, 6) is -0.266. The van der Waals surface area contributed by atoms with Crippen LogP contribution in [0.2, 0.25) is 0 Å². The number of aryl methyl sites for hydroxylation is 1. The van der Waals surface area contributed by atoms with Gasteiger partial charge in [0, 0.05) is 11.6 Å². The van der Waals surface area contributed by atoms with Gasteiger partial charge in [-0.15, -0.1) is 0 Å². The van der Waals surface area contributed by atoms with Crippen LogP contribution in [0.1, 0.15) is 22.7 Å². The molecule has 0 spiro atoms. The highest BCUT2D eigenvalue weighted by molar-refractivity contribution is 5.40. The maximum atomic E-state index is 13.7. The monoisotopic (exact) mass is 277 g/mol. The van der Waals surface area contributed by atoms with Crippen LogP contribution in [0.15, 0.2) is 36.4 Å². The first-order chi connectivity index (χ1) is 9.51. The lowest BCUT2D eigenvalue weighted by Crippen LogP contribution is -2.15. The normalized spacial score (nSPS) is 12.2. The lowest BCUT2D eigenvalue weighted by molar-refractivity contribution is 0.405. The van der Waals surface area contributed by atoms with Crippen molar-refractivity contribution < 1.29 is 13.5 Å². The Morgan fingerprint density at radius 2 is 1.90 bits per heavy atom. The van der Waals surface area contributed by atoms with E-state index < -0.39 is 17.7 Å². The average Bonchev–Trinajstić information content (AvgIpc) is 2.42. The number of benzene rings is 2. The predicted molar refractivity (Wildman–Crippen MR) is 74.7 cm³/mol. The molecule has 2 N–H and O–H groups in total. The molecule has 0 aliphatic heterocycles. The summed E-state index contributed by atoms with van der Waals surface area (Å²) >= 11 is 0. The lowest BCUT2D eigenvalue weighted by atomic mass is 9.97. The lowest BCUT2D eigenvalue weighted by Gasteiger charge is -2.17. The average molecular weight is 277 g/mol. The highest BCUT2D eigenvalue weighted by atomic mass is 19.1. The van der Waals surface area contributed by atoms with Gasteiger partial charge in [-0.25, -0.2) is 8.78 Å². The molecule has 2 nitrogen and oxygen atoms in total. The molecule has 20 heavy (non-hydrogen) atoms. The van der Waals surface area contributed by atoms with Crippen molar-refractivity contribution in [1.29, 1.82) is 0 Å². The molecule has 106 valence electrons. The van der Waals surface area contributed by atoms with Crippen LogP contribution in [0.5, 0.6) is 5.75 Å². The molecule has 2 rings (SSSR count). The topological polar surface area (TPSA) is 35.2 Å². The molecule has 0 radical (unpaired) electrons. The summed E-state index contributed by atoms with van der Waals surface area (Å²) in [6, 6.07) is 8.58. The quantitative estimate of drug-likeness (QED) is 0.928. The number of hydrogen-bond acceptors (Lipinski definition) is 2. The minimum absolute atomic E-state index is 0.212. The Bertz CT molecular complexity index is 613. The van der Waals surface area contributed by atoms with Crippen molar-refractivity contribution in [3.63, 3.8) is 0 Å². The van der Waals surface area contributed by atoms with Crippen molar-refractivity contribution >= 4 is 0 Å². The first kappa shape index (κ1) is 14.5. The molecule has 0 bridgehead atoms. The second kappa shape index (κ2) is 6.01. The molecule has 2 aromatic carbocycles. The van der Waals surface area contributed by atoms with Crippen LogP contribution >= 0.6 is 0 Å². The van der Waals surface area contributed by atoms with E-state index >= 15 is 0 Å². The Hall–Kier alpha value is -1.94. The van der Waals surface area contributed by atoms with Gasteiger partial charge in [0.05, 0.1) is 7.11 Å². The van der Waals surface area contributed by atoms with Gasteiger partial charge in [0.15, 0.2) is 0 Å². The van der Waals surface area contributed by atoms with Crippen molar-refractivity contribution in [1.82, 2.24) is 0 Å². The summed E-state index contributed by atoms with van der Waals surface area (Å²) in [6.45, 7) is 1.94. The number of ether oxygens (including phenoxy) is 1. The van der Waals surface area contributed by atoms with Gasteiger partial charge in [0.1, 0.15) is 17.4 Å². The zero-order valence-electron chi connectivity index (χ0n) is 11.5. The van der Waals surface area contributed by atoms with E-state index in [9.17, 15) is 8.78 Å². The molecule has 0 saturated heterocycles. The minimum atomic E-state index is -0.468. The Labute approximate surface area is 117 Å². The van der Waals surface area contributed by atoms with Gasteiger partial charge in [-0.3, -0.25) is 0 Å². The molecule has 0 aliphatic rings. The highest BCUT2D eigenvalue weighted by Gasteiger charge is 2.15. The van der Waals surface area contributed by atoms with Gasteiger partial charge in [-0.05, 0) is 43.2 Å². The number of halogens is 2. The second-order valence-electron chi connectivity index (χ2n) is 4.79. The van der Waals surface area contributed by atoms with Crippen LogP contribution in [0.4, 0.5) is 8.78 Å². The molecule has 0 aromatic heterocycles. The van der Waals surface area contributed by atoms with E-state index in [0.29, 0.717) is 5.75 Å². The zero-order valence-corrected chi connectivity index (χ0v) is 11.5. The Kier molecular flexibility index (Phi) is 4.35. The molecule has 1 atom stereocenters. The van der Waals surface area contributed by atoms with Crippen molar-refractivity contribution in [3.8, 4) is 5.75 Å². The third kappa shape index (κ3) is 3.14. The van der Waals surface area contributed by atoms with Crippen LogP contribution in [-0.4, -0.2) is 7.11 Å². The van der Waals surface area contributed by atoms with Gasteiger partial charge in [0.2, 0.25) is 0 Å². The first-order valence-corrected chi connectivity index (χ1v) is 6.35.